The third-order valence-corrected chi connectivity index (χ3v) is 19.0. The summed E-state index contributed by atoms with van der Waals surface area (Å²) in [6.07, 6.45) is 5.32. The lowest BCUT2D eigenvalue weighted by Crippen LogP contribution is -2.43. The van der Waals surface area contributed by atoms with Gasteiger partial charge in [0.05, 0.1) is 46.8 Å². The van der Waals surface area contributed by atoms with Crippen molar-refractivity contribution in [2.75, 3.05) is 6.26 Å². The molecule has 3 heterocycles. The van der Waals surface area contributed by atoms with Gasteiger partial charge in [-0.25, -0.2) is 9.67 Å². The summed E-state index contributed by atoms with van der Waals surface area (Å²) in [6.45, 7) is 25.1. The van der Waals surface area contributed by atoms with Crippen molar-refractivity contribution >= 4 is 38.9 Å². The molecule has 4 aromatic rings. The van der Waals surface area contributed by atoms with Gasteiger partial charge in [-0.2, -0.15) is 5.10 Å². The van der Waals surface area contributed by atoms with Crippen LogP contribution in [0, 0.1) is 0 Å². The summed E-state index contributed by atoms with van der Waals surface area (Å²) in [5.74, 6) is 1.52. The highest BCUT2D eigenvalue weighted by molar-refractivity contribution is 7.88. The van der Waals surface area contributed by atoms with Crippen LogP contribution in [0.25, 0.3) is 28.0 Å². The van der Waals surface area contributed by atoms with Crippen LogP contribution in [0.2, 0.25) is 36.3 Å². The van der Waals surface area contributed by atoms with Gasteiger partial charge in [0.1, 0.15) is 12.0 Å². The maximum Gasteiger partial charge on any atom is 0.250 e. The average molecular weight is 680 g/mol. The van der Waals surface area contributed by atoms with E-state index in [1.807, 2.05) is 47.3 Å². The first-order chi connectivity index (χ1) is 21.3. The van der Waals surface area contributed by atoms with Crippen molar-refractivity contribution in [3.05, 3.63) is 66.1 Å². The lowest BCUT2D eigenvalue weighted by atomic mass is 10.1. The van der Waals surface area contributed by atoms with E-state index in [-0.39, 0.29) is 16.1 Å². The van der Waals surface area contributed by atoms with Gasteiger partial charge in [-0.3, -0.25) is 4.98 Å². The Kier molecular flexibility index (Phi) is 11.0. The Balaban J connectivity index is 1.83. The highest BCUT2D eigenvalue weighted by Gasteiger charge is 2.40. The minimum Gasteiger partial charge on any atom is -0.598 e. The second-order valence-electron chi connectivity index (χ2n) is 15.2. The number of nitrogens with one attached hydrogen (secondary N) is 1. The number of hydrogen-bond donors (Lipinski definition) is 1. The van der Waals surface area contributed by atoms with Crippen molar-refractivity contribution in [3.8, 4) is 22.8 Å². The molecule has 1 N–H and O–H groups in total. The fourth-order valence-electron chi connectivity index (χ4n) is 4.64. The highest BCUT2D eigenvalue weighted by Crippen LogP contribution is 2.41. The molecule has 3 aromatic heterocycles. The minimum absolute atomic E-state index is 0.0123. The van der Waals surface area contributed by atoms with Crippen LogP contribution >= 0.6 is 0 Å². The van der Waals surface area contributed by atoms with E-state index in [1.54, 1.807) is 6.26 Å². The Morgan fingerprint density at radius 1 is 0.935 bits per heavy atom. The zero-order valence-corrected chi connectivity index (χ0v) is 32.6. The molecule has 1 aromatic carbocycles. The normalized spacial score (nSPS) is 14.5. The number of benzene rings is 1. The van der Waals surface area contributed by atoms with E-state index in [0.717, 1.165) is 58.0 Å². The third kappa shape index (κ3) is 8.29. The van der Waals surface area contributed by atoms with Crippen molar-refractivity contribution in [2.45, 2.75) is 110 Å². The number of nitrogens with zero attached hydrogens (tertiary/aromatic N) is 4. The molecule has 0 fully saturated rings. The Hall–Kier alpha value is -2.55. The molecule has 0 spiro atoms. The topological polar surface area (TPSA) is 97.1 Å². The molecule has 0 bridgehead atoms. The summed E-state index contributed by atoms with van der Waals surface area (Å²) in [6, 6.07) is 16.2. The Labute approximate surface area is 281 Å². The van der Waals surface area contributed by atoms with Crippen LogP contribution in [0.3, 0.4) is 0 Å². The molecule has 8 nitrogen and oxygen atoms in total. The Bertz CT molecular complexity index is 1640. The van der Waals surface area contributed by atoms with Gasteiger partial charge in [-0.1, -0.05) is 67.0 Å². The van der Waals surface area contributed by atoms with E-state index in [9.17, 15) is 4.55 Å². The van der Waals surface area contributed by atoms with Gasteiger partial charge >= 0.3 is 0 Å². The summed E-state index contributed by atoms with van der Waals surface area (Å²) in [4.78, 5) is 10.1. The second kappa shape index (κ2) is 13.9. The molecular weight excluding hydrogens is 627 g/mol. The number of rotatable bonds is 12. The van der Waals surface area contributed by atoms with E-state index in [2.05, 4.69) is 91.5 Å². The molecule has 0 radical (unpaired) electrons. The molecule has 0 amide bonds. The minimum atomic E-state index is -2.20. The first kappa shape index (κ1) is 36.3. The van der Waals surface area contributed by atoms with Crippen LogP contribution < -0.4 is 9.15 Å². The van der Waals surface area contributed by atoms with Crippen molar-refractivity contribution in [2.24, 2.45) is 0 Å². The molecule has 2 atom stereocenters. The molecule has 0 aliphatic rings. The van der Waals surface area contributed by atoms with E-state index in [4.69, 9.17) is 23.9 Å². The number of hydrogen-bond acceptors (Lipinski definition) is 7. The number of pyridine rings is 2. The SMILES string of the molecule is CCC[C@H](N[S+](C)[O-])c1cccc(-c2cc(O[Si](C)(C)C(C)(C)C)c3cnn(-c4cccc(CO[Si](C)(C)C(C)(C)C)n4)c3c2)n1. The van der Waals surface area contributed by atoms with E-state index in [0.29, 0.717) is 6.61 Å². The number of fused-ring (bicyclic) bond motifs is 1. The highest BCUT2D eigenvalue weighted by atomic mass is 32.2. The molecule has 11 heteroatoms. The first-order valence-electron chi connectivity index (χ1n) is 16.2. The van der Waals surface area contributed by atoms with Crippen LogP contribution in [0.5, 0.6) is 5.75 Å². The van der Waals surface area contributed by atoms with Crippen molar-refractivity contribution in [1.82, 2.24) is 24.5 Å². The largest absolute Gasteiger partial charge is 0.598 e. The summed E-state index contributed by atoms with van der Waals surface area (Å²) in [5.41, 5.74) is 4.38. The van der Waals surface area contributed by atoms with Crippen molar-refractivity contribution < 1.29 is 13.4 Å². The maximum atomic E-state index is 12.1. The molecule has 0 saturated heterocycles. The summed E-state index contributed by atoms with van der Waals surface area (Å²) in [5, 5.41) is 5.90. The quantitative estimate of drug-likeness (QED) is 0.118. The van der Waals surface area contributed by atoms with E-state index >= 15 is 0 Å². The first-order valence-corrected chi connectivity index (χ1v) is 23.6. The van der Waals surface area contributed by atoms with Crippen molar-refractivity contribution in [3.63, 3.8) is 0 Å². The smallest absolute Gasteiger partial charge is 0.250 e. The molecule has 250 valence electrons. The van der Waals surface area contributed by atoms with Crippen LogP contribution in [-0.2, 0) is 22.4 Å². The molecule has 0 saturated carbocycles. The predicted molar refractivity (Wildman–Crippen MR) is 197 cm³/mol. The lowest BCUT2D eigenvalue weighted by molar-refractivity contribution is 0.272. The average Bonchev–Trinajstić information content (AvgIpc) is 3.39. The van der Waals surface area contributed by atoms with E-state index in [1.165, 1.54) is 0 Å². The molecule has 0 aliphatic heterocycles. The van der Waals surface area contributed by atoms with Crippen LogP contribution in [0.4, 0.5) is 0 Å². The van der Waals surface area contributed by atoms with Gasteiger partial charge in [-0.05, 0) is 79.1 Å². The van der Waals surface area contributed by atoms with Crippen LogP contribution in [0.15, 0.2) is 54.7 Å². The molecule has 4 rings (SSSR count). The molecule has 46 heavy (non-hydrogen) atoms. The Morgan fingerprint density at radius 3 is 2.24 bits per heavy atom. The summed E-state index contributed by atoms with van der Waals surface area (Å²) >= 11 is -1.15. The predicted octanol–water partition coefficient (Wildman–Crippen LogP) is 9.11. The summed E-state index contributed by atoms with van der Waals surface area (Å²) in [7, 11) is -4.13. The molecule has 1 unspecified atom stereocenters. The van der Waals surface area contributed by atoms with Crippen LogP contribution in [0.1, 0.15) is 78.7 Å². The maximum absolute atomic E-state index is 12.1. The van der Waals surface area contributed by atoms with Gasteiger partial charge in [0.2, 0.25) is 0 Å². The molecular formula is C35H53N5O3SSi2. The van der Waals surface area contributed by atoms with Crippen LogP contribution in [-0.4, -0.2) is 47.2 Å². The third-order valence-electron chi connectivity index (χ3n) is 9.53. The fourth-order valence-corrected chi connectivity index (χ4v) is 7.24. The summed E-state index contributed by atoms with van der Waals surface area (Å²) < 4.78 is 30.6. The lowest BCUT2D eigenvalue weighted by Gasteiger charge is -2.36. The van der Waals surface area contributed by atoms with Gasteiger partial charge in [0, 0.05) is 16.9 Å². The molecule has 0 aliphatic carbocycles. The van der Waals surface area contributed by atoms with Gasteiger partial charge in [-0.15, -0.1) is 4.72 Å². The second-order valence-corrected chi connectivity index (χ2v) is 25.9. The van der Waals surface area contributed by atoms with Gasteiger partial charge in [0.25, 0.3) is 8.32 Å². The zero-order valence-electron chi connectivity index (χ0n) is 29.8. The zero-order chi connectivity index (χ0) is 34.1. The van der Waals surface area contributed by atoms with Crippen molar-refractivity contribution in [1.29, 1.82) is 0 Å². The standard InChI is InChI=1S/C35H53N5O3SSi2/c1-13-16-30(39-44(8)41)29-19-15-18-28(38-29)25-21-31-27(32(22-25)43-46(11,12)35(5,6)7)23-36-40(31)33-20-14-17-26(37-33)24-42-45(9,10)34(2,3)4/h14-15,17-23,30,39H,13,16,24H2,1-12H3/t30-,44?/m0/s1. The van der Waals surface area contributed by atoms with E-state index < -0.39 is 28.0 Å². The van der Waals surface area contributed by atoms with Gasteiger partial charge < -0.3 is 13.4 Å². The van der Waals surface area contributed by atoms with Gasteiger partial charge in [0.15, 0.2) is 14.1 Å². The number of aromatic nitrogens is 4. The monoisotopic (exact) mass is 679 g/mol. The Morgan fingerprint density at radius 2 is 1.61 bits per heavy atom. The fraction of sp³-hybridized carbons (Fsp3) is 0.514.